The number of carbonyl (C=O) groups excluding carboxylic acids is 1. The monoisotopic (exact) mass is 714 g/mol. The molecule has 268 valence electrons. The van der Waals surface area contributed by atoms with Crippen LogP contribution in [-0.2, 0) is 11.2 Å². The van der Waals surface area contributed by atoms with Crippen molar-refractivity contribution in [1.29, 1.82) is 0 Å². The molecule has 15 heteroatoms. The molecule has 0 fully saturated rings. The highest BCUT2D eigenvalue weighted by molar-refractivity contribution is 5.91. The molecule has 5 aromatic rings. The third-order valence-electron chi connectivity index (χ3n) is 9.13. The normalized spacial score (nSPS) is 20.5. The number of hydrogen-bond donors (Lipinski definition) is 11. The average Bonchev–Trinajstić information content (AvgIpc) is 3.09. The molecule has 0 bridgehead atoms. The highest BCUT2D eigenvalue weighted by Gasteiger charge is 2.46. The fourth-order valence-electron chi connectivity index (χ4n) is 6.65. The molecule has 0 aliphatic carbocycles. The lowest BCUT2D eigenvalue weighted by atomic mass is 9.77. The van der Waals surface area contributed by atoms with Crippen molar-refractivity contribution in [3.8, 4) is 69.0 Å². The number of phenolic OH excluding ortho intramolecular Hbond substituents is 10. The summed E-state index contributed by atoms with van der Waals surface area (Å²) < 4.78 is 17.9. The lowest BCUT2D eigenvalue weighted by Gasteiger charge is -2.39. The van der Waals surface area contributed by atoms with Crippen LogP contribution in [-0.4, -0.2) is 74.3 Å². The van der Waals surface area contributed by atoms with Crippen molar-refractivity contribution in [1.82, 2.24) is 0 Å². The summed E-state index contributed by atoms with van der Waals surface area (Å²) in [6.07, 6.45) is -5.73. The Kier molecular flexibility index (Phi) is 8.06. The van der Waals surface area contributed by atoms with Crippen LogP contribution in [0.25, 0.3) is 0 Å². The number of rotatable bonds is 5. The maximum Gasteiger partial charge on any atom is 0.338 e. The van der Waals surface area contributed by atoms with Gasteiger partial charge < -0.3 is 70.4 Å². The molecule has 52 heavy (non-hydrogen) atoms. The number of carbonyl (C=O) groups is 1. The van der Waals surface area contributed by atoms with Crippen molar-refractivity contribution in [2.24, 2.45) is 0 Å². The van der Waals surface area contributed by atoms with Gasteiger partial charge in [-0.3, -0.25) is 0 Å². The lowest BCUT2D eigenvalue weighted by molar-refractivity contribution is -0.0191. The van der Waals surface area contributed by atoms with Crippen LogP contribution in [0.3, 0.4) is 0 Å². The Morgan fingerprint density at radius 2 is 1.21 bits per heavy atom. The minimum Gasteiger partial charge on any atom is -0.508 e. The topological polar surface area (TPSA) is 267 Å². The molecule has 0 aromatic heterocycles. The fourth-order valence-corrected chi connectivity index (χ4v) is 6.65. The van der Waals surface area contributed by atoms with Gasteiger partial charge in [-0.1, -0.05) is 18.2 Å². The zero-order valence-corrected chi connectivity index (χ0v) is 26.6. The average molecular weight is 715 g/mol. The number of hydrogen-bond acceptors (Lipinski definition) is 15. The fraction of sp³-hybridized carbons (Fsp3) is 0.162. The Labute approximate surface area is 292 Å². The molecular formula is C37H30O15. The Morgan fingerprint density at radius 3 is 1.88 bits per heavy atom. The Hall–Kier alpha value is -6.87. The molecule has 7 rings (SSSR count). The maximum absolute atomic E-state index is 13.3. The standard InChI is InChI=1S/C37H30O15/c38-17-4-1-14(2-5-17)36-34(48)31(29-22(42)10-18(39)11-27(29)51-36)30-23(43)13-26-19(32(30)46)12-28(35(50-26)15-3-6-20(40)21(41)7-15)52-37(49)16-8-24(44)33(47)25(45)9-16/h1-11,13,28,31,34-36,38-48H,12H2/t28-,31-,34-,35-,36-/m1/s1. The molecule has 2 heterocycles. The van der Waals surface area contributed by atoms with E-state index in [9.17, 15) is 61.0 Å². The summed E-state index contributed by atoms with van der Waals surface area (Å²) in [4.78, 5) is 13.3. The zero-order chi connectivity index (χ0) is 37.2. The van der Waals surface area contributed by atoms with Crippen molar-refractivity contribution in [3.63, 3.8) is 0 Å². The van der Waals surface area contributed by atoms with Gasteiger partial charge in [0.15, 0.2) is 41.0 Å². The number of phenols is 10. The largest absolute Gasteiger partial charge is 0.508 e. The van der Waals surface area contributed by atoms with Crippen LogP contribution < -0.4 is 9.47 Å². The highest BCUT2D eigenvalue weighted by atomic mass is 16.6. The Balaban J connectivity index is 1.34. The third-order valence-corrected chi connectivity index (χ3v) is 9.13. The van der Waals surface area contributed by atoms with Gasteiger partial charge in [0.2, 0.25) is 0 Å². The smallest absolute Gasteiger partial charge is 0.338 e. The van der Waals surface area contributed by atoms with Crippen LogP contribution >= 0.6 is 0 Å². The molecular weight excluding hydrogens is 684 g/mol. The van der Waals surface area contributed by atoms with Crippen LogP contribution in [0.4, 0.5) is 0 Å². The van der Waals surface area contributed by atoms with Crippen molar-refractivity contribution >= 4 is 5.97 Å². The second-order valence-electron chi connectivity index (χ2n) is 12.4. The first-order chi connectivity index (χ1) is 24.7. The number of benzene rings is 5. The van der Waals surface area contributed by atoms with Crippen LogP contribution in [0.5, 0.6) is 69.0 Å². The van der Waals surface area contributed by atoms with E-state index in [4.69, 9.17) is 14.2 Å². The van der Waals surface area contributed by atoms with Gasteiger partial charge in [-0.25, -0.2) is 4.79 Å². The summed E-state index contributed by atoms with van der Waals surface area (Å²) in [5, 5.41) is 116. The molecule has 0 unspecified atom stereocenters. The van der Waals surface area contributed by atoms with E-state index in [0.717, 1.165) is 36.4 Å². The molecule has 0 saturated carbocycles. The number of aliphatic hydroxyl groups excluding tert-OH is 1. The van der Waals surface area contributed by atoms with Crippen LogP contribution in [0.1, 0.15) is 56.3 Å². The predicted octanol–water partition coefficient (Wildman–Crippen LogP) is 4.27. The second-order valence-corrected chi connectivity index (χ2v) is 12.4. The van der Waals surface area contributed by atoms with Crippen molar-refractivity contribution < 1.29 is 75.2 Å². The maximum atomic E-state index is 13.3. The van der Waals surface area contributed by atoms with Crippen molar-refractivity contribution in [2.45, 2.75) is 36.8 Å². The summed E-state index contributed by atoms with van der Waals surface area (Å²) in [5.41, 5.74) is -0.225. The van der Waals surface area contributed by atoms with Crippen LogP contribution in [0.15, 0.2) is 72.8 Å². The lowest BCUT2D eigenvalue weighted by Crippen LogP contribution is -2.36. The second kappa shape index (κ2) is 12.5. The summed E-state index contributed by atoms with van der Waals surface area (Å²) >= 11 is 0. The third kappa shape index (κ3) is 5.68. The van der Waals surface area contributed by atoms with Gasteiger partial charge in [0.1, 0.15) is 52.5 Å². The van der Waals surface area contributed by atoms with Gasteiger partial charge in [0.05, 0.1) is 11.5 Å². The minimum absolute atomic E-state index is 0.0269. The van der Waals surface area contributed by atoms with E-state index >= 15 is 0 Å². The van der Waals surface area contributed by atoms with E-state index in [1.165, 1.54) is 36.4 Å². The summed E-state index contributed by atoms with van der Waals surface area (Å²) in [7, 11) is 0. The van der Waals surface area contributed by atoms with E-state index in [2.05, 4.69) is 0 Å². The first-order valence-electron chi connectivity index (χ1n) is 15.6. The highest BCUT2D eigenvalue weighted by Crippen LogP contribution is 2.56. The minimum atomic E-state index is -1.61. The van der Waals surface area contributed by atoms with Gasteiger partial charge >= 0.3 is 5.97 Å². The van der Waals surface area contributed by atoms with Crippen molar-refractivity contribution in [2.75, 3.05) is 0 Å². The van der Waals surface area contributed by atoms with Gasteiger partial charge in [-0.05, 0) is 42.0 Å². The van der Waals surface area contributed by atoms with Gasteiger partial charge in [0.25, 0.3) is 0 Å². The molecule has 5 atom stereocenters. The van der Waals surface area contributed by atoms with Gasteiger partial charge in [-0.15, -0.1) is 0 Å². The van der Waals surface area contributed by atoms with Crippen molar-refractivity contribution in [3.05, 3.63) is 106 Å². The quantitative estimate of drug-likeness (QED) is 0.0896. The number of aromatic hydroxyl groups is 10. The summed E-state index contributed by atoms with van der Waals surface area (Å²) in [6.45, 7) is 0. The van der Waals surface area contributed by atoms with E-state index in [-0.39, 0.29) is 57.2 Å². The molecule has 5 aromatic carbocycles. The van der Waals surface area contributed by atoms with E-state index in [1.54, 1.807) is 0 Å². The Morgan fingerprint density at radius 1 is 0.577 bits per heavy atom. The number of aliphatic hydroxyl groups is 1. The summed E-state index contributed by atoms with van der Waals surface area (Å²) in [5.74, 6) is -8.40. The van der Waals surface area contributed by atoms with Gasteiger partial charge in [0, 0.05) is 46.9 Å². The van der Waals surface area contributed by atoms with E-state index in [0.29, 0.717) is 5.56 Å². The van der Waals surface area contributed by atoms with Gasteiger partial charge in [-0.2, -0.15) is 0 Å². The number of ether oxygens (including phenoxy) is 3. The SMILES string of the molecule is O=C(O[C@@H]1Cc2c(cc(O)c([C@H]3c4c(O)cc(O)cc4O[C@H](c4ccc(O)cc4)[C@@H]3O)c2O)O[C@@H]1c1ccc(O)c(O)c1)c1cc(O)c(O)c(O)c1. The van der Waals surface area contributed by atoms with E-state index in [1.807, 2.05) is 0 Å². The first kappa shape index (κ1) is 33.6. The van der Waals surface area contributed by atoms with E-state index < -0.39 is 82.3 Å². The Bertz CT molecular complexity index is 2210. The molecule has 15 nitrogen and oxygen atoms in total. The van der Waals surface area contributed by atoms with Crippen LogP contribution in [0, 0.1) is 0 Å². The molecule has 11 N–H and O–H groups in total. The molecule has 0 amide bonds. The molecule has 2 aliphatic heterocycles. The zero-order valence-electron chi connectivity index (χ0n) is 26.6. The number of fused-ring (bicyclic) bond motifs is 2. The predicted molar refractivity (Wildman–Crippen MR) is 176 cm³/mol. The number of esters is 1. The molecule has 2 aliphatic rings. The molecule has 0 radical (unpaired) electrons. The molecule has 0 spiro atoms. The summed E-state index contributed by atoms with van der Waals surface area (Å²) in [6, 6.07) is 14.4. The first-order valence-corrected chi connectivity index (χ1v) is 15.6. The van der Waals surface area contributed by atoms with Crippen LogP contribution in [0.2, 0.25) is 0 Å². The molecule has 0 saturated heterocycles.